The van der Waals surface area contributed by atoms with Crippen LogP contribution in [0.25, 0.3) is 0 Å². The van der Waals surface area contributed by atoms with Crippen LogP contribution in [-0.2, 0) is 9.59 Å². The molecule has 0 radical (unpaired) electrons. The Morgan fingerprint density at radius 1 is 0.875 bits per heavy atom. The molecule has 1 fully saturated rings. The van der Waals surface area contributed by atoms with E-state index in [0.717, 1.165) is 0 Å². The first-order valence-corrected chi connectivity index (χ1v) is 10.8. The zero-order valence-electron chi connectivity index (χ0n) is 18.5. The van der Waals surface area contributed by atoms with E-state index in [0.29, 0.717) is 55.5 Å². The molecule has 2 aromatic carbocycles. The van der Waals surface area contributed by atoms with Crippen molar-refractivity contribution in [1.29, 1.82) is 0 Å². The summed E-state index contributed by atoms with van der Waals surface area (Å²) in [5.41, 5.74) is 0. The van der Waals surface area contributed by atoms with E-state index in [4.69, 9.17) is 18.9 Å². The third-order valence-electron chi connectivity index (χ3n) is 5.14. The van der Waals surface area contributed by atoms with E-state index in [1.807, 2.05) is 31.2 Å². The summed E-state index contributed by atoms with van der Waals surface area (Å²) in [5, 5.41) is 2.98. The Morgan fingerprint density at radius 3 is 2.00 bits per heavy atom. The molecule has 8 heteroatoms. The minimum atomic E-state index is -0.194. The van der Waals surface area contributed by atoms with Gasteiger partial charge in [-0.2, -0.15) is 0 Å². The first-order valence-electron chi connectivity index (χ1n) is 10.8. The van der Waals surface area contributed by atoms with Crippen LogP contribution in [0.5, 0.6) is 23.0 Å². The van der Waals surface area contributed by atoms with E-state index in [2.05, 4.69) is 5.32 Å². The average Bonchev–Trinajstić information content (AvgIpc) is 2.83. The number of piperidine rings is 1. The normalized spacial score (nSPS) is 13.9. The van der Waals surface area contributed by atoms with Crippen molar-refractivity contribution in [2.24, 2.45) is 0 Å². The minimum Gasteiger partial charge on any atom is -0.493 e. The van der Waals surface area contributed by atoms with Gasteiger partial charge in [-0.3, -0.25) is 9.59 Å². The van der Waals surface area contributed by atoms with E-state index in [1.165, 1.54) is 0 Å². The third-order valence-corrected chi connectivity index (χ3v) is 5.14. The second-order valence-corrected chi connectivity index (χ2v) is 7.33. The molecule has 172 valence electrons. The van der Waals surface area contributed by atoms with Gasteiger partial charge in [0.25, 0.3) is 11.8 Å². The molecule has 1 N–H and O–H groups in total. The average molecular weight is 443 g/mol. The lowest BCUT2D eigenvalue weighted by atomic mass is 10.1. The molecule has 3 rings (SSSR count). The summed E-state index contributed by atoms with van der Waals surface area (Å²) in [6.07, 6.45) is 1.36. The molecule has 0 aromatic heterocycles. The second-order valence-electron chi connectivity index (χ2n) is 7.33. The van der Waals surface area contributed by atoms with Gasteiger partial charge in [-0.05, 0) is 44.0 Å². The molecule has 32 heavy (non-hydrogen) atoms. The van der Waals surface area contributed by atoms with E-state index in [-0.39, 0.29) is 31.1 Å². The summed E-state index contributed by atoms with van der Waals surface area (Å²) >= 11 is 0. The van der Waals surface area contributed by atoms with E-state index >= 15 is 0 Å². The molecular weight excluding hydrogens is 412 g/mol. The highest BCUT2D eigenvalue weighted by Gasteiger charge is 2.24. The van der Waals surface area contributed by atoms with Crippen LogP contribution >= 0.6 is 0 Å². The monoisotopic (exact) mass is 442 g/mol. The Morgan fingerprint density at radius 2 is 1.41 bits per heavy atom. The molecule has 8 nitrogen and oxygen atoms in total. The summed E-state index contributed by atoms with van der Waals surface area (Å²) < 4.78 is 22.0. The molecule has 1 aliphatic heterocycles. The standard InChI is InChI=1S/C24H30N2O6/c1-3-30-21-10-6-7-11-22(21)31-16-23(27)25-18-12-14-26(15-13-18)24(28)17-32-20-9-5-4-8-19(20)29-2/h4-11,18H,3,12-17H2,1-2H3,(H,25,27). The van der Waals surface area contributed by atoms with Crippen molar-refractivity contribution in [2.45, 2.75) is 25.8 Å². The molecule has 0 spiro atoms. The predicted octanol–water partition coefficient (Wildman–Crippen LogP) is 2.66. The van der Waals surface area contributed by atoms with Crippen LogP contribution in [0.1, 0.15) is 19.8 Å². The molecule has 2 aromatic rings. The number of rotatable bonds is 10. The fraction of sp³-hybridized carbons (Fsp3) is 0.417. The number of amides is 2. The number of hydrogen-bond acceptors (Lipinski definition) is 6. The number of nitrogens with one attached hydrogen (secondary N) is 1. The van der Waals surface area contributed by atoms with Crippen molar-refractivity contribution in [3.8, 4) is 23.0 Å². The third kappa shape index (κ3) is 6.54. The van der Waals surface area contributed by atoms with Gasteiger partial charge in [0, 0.05) is 19.1 Å². The van der Waals surface area contributed by atoms with Gasteiger partial charge < -0.3 is 29.2 Å². The number of nitrogens with zero attached hydrogens (tertiary/aromatic N) is 1. The number of carbonyl (C=O) groups excluding carboxylic acids is 2. The number of carbonyl (C=O) groups is 2. The van der Waals surface area contributed by atoms with Crippen LogP contribution in [-0.4, -0.2) is 62.8 Å². The summed E-state index contributed by atoms with van der Waals surface area (Å²) in [7, 11) is 1.56. The number of methoxy groups -OCH3 is 1. The van der Waals surface area contributed by atoms with Crippen LogP contribution in [0.15, 0.2) is 48.5 Å². The molecule has 0 saturated carbocycles. The number of hydrogen-bond donors (Lipinski definition) is 1. The van der Waals surface area contributed by atoms with Crippen molar-refractivity contribution in [3.05, 3.63) is 48.5 Å². The molecule has 0 atom stereocenters. The lowest BCUT2D eigenvalue weighted by Crippen LogP contribution is -2.48. The summed E-state index contributed by atoms with van der Waals surface area (Å²) in [6.45, 7) is 3.40. The Balaban J connectivity index is 1.39. The van der Waals surface area contributed by atoms with Crippen LogP contribution in [0.3, 0.4) is 0 Å². The molecule has 2 amide bonds. The highest BCUT2D eigenvalue weighted by Crippen LogP contribution is 2.27. The minimum absolute atomic E-state index is 0.00687. The number of likely N-dealkylation sites (tertiary alicyclic amines) is 1. The zero-order chi connectivity index (χ0) is 22.8. The van der Waals surface area contributed by atoms with Gasteiger partial charge in [0.1, 0.15) is 0 Å². The van der Waals surface area contributed by atoms with Gasteiger partial charge in [-0.25, -0.2) is 0 Å². The van der Waals surface area contributed by atoms with Gasteiger partial charge >= 0.3 is 0 Å². The van der Waals surface area contributed by atoms with Crippen molar-refractivity contribution in [2.75, 3.05) is 40.0 Å². The highest BCUT2D eigenvalue weighted by molar-refractivity contribution is 5.79. The smallest absolute Gasteiger partial charge is 0.260 e. The molecule has 1 saturated heterocycles. The van der Waals surface area contributed by atoms with Crippen LogP contribution < -0.4 is 24.3 Å². The quantitative estimate of drug-likeness (QED) is 0.609. The molecule has 0 bridgehead atoms. The summed E-state index contributed by atoms with van der Waals surface area (Å²) in [4.78, 5) is 26.5. The SMILES string of the molecule is CCOc1ccccc1OCC(=O)NC1CCN(C(=O)COc2ccccc2OC)CC1. The number of ether oxygens (including phenoxy) is 4. The maximum Gasteiger partial charge on any atom is 0.260 e. The maximum absolute atomic E-state index is 12.5. The topological polar surface area (TPSA) is 86.3 Å². The Hall–Kier alpha value is -3.42. The summed E-state index contributed by atoms with van der Waals surface area (Å²) in [6, 6.07) is 14.5. The Bertz CT molecular complexity index is 896. The first kappa shape index (κ1) is 23.2. The molecule has 1 aliphatic rings. The zero-order valence-corrected chi connectivity index (χ0v) is 18.5. The van der Waals surface area contributed by atoms with Gasteiger partial charge in [-0.1, -0.05) is 24.3 Å². The van der Waals surface area contributed by atoms with Crippen molar-refractivity contribution >= 4 is 11.8 Å². The van der Waals surface area contributed by atoms with Crippen molar-refractivity contribution < 1.29 is 28.5 Å². The molecule has 1 heterocycles. The van der Waals surface area contributed by atoms with E-state index in [1.54, 1.807) is 36.3 Å². The largest absolute Gasteiger partial charge is 0.493 e. The number of benzene rings is 2. The Labute approximate surface area is 188 Å². The fourth-order valence-corrected chi connectivity index (χ4v) is 3.50. The van der Waals surface area contributed by atoms with Crippen LogP contribution in [0.2, 0.25) is 0 Å². The molecule has 0 unspecified atom stereocenters. The van der Waals surface area contributed by atoms with Crippen molar-refractivity contribution in [1.82, 2.24) is 10.2 Å². The van der Waals surface area contributed by atoms with Gasteiger partial charge in [0.05, 0.1) is 13.7 Å². The van der Waals surface area contributed by atoms with Gasteiger partial charge in [0.15, 0.2) is 36.2 Å². The molecular formula is C24H30N2O6. The van der Waals surface area contributed by atoms with E-state index < -0.39 is 0 Å². The Kier molecular flexibility index (Phi) is 8.60. The van der Waals surface area contributed by atoms with Crippen LogP contribution in [0, 0.1) is 0 Å². The van der Waals surface area contributed by atoms with Gasteiger partial charge in [-0.15, -0.1) is 0 Å². The lowest BCUT2D eigenvalue weighted by molar-refractivity contribution is -0.134. The van der Waals surface area contributed by atoms with E-state index in [9.17, 15) is 9.59 Å². The van der Waals surface area contributed by atoms with Crippen molar-refractivity contribution in [3.63, 3.8) is 0 Å². The van der Waals surface area contributed by atoms with Gasteiger partial charge in [0.2, 0.25) is 0 Å². The lowest BCUT2D eigenvalue weighted by Gasteiger charge is -2.32. The first-order chi connectivity index (χ1) is 15.6. The fourth-order valence-electron chi connectivity index (χ4n) is 3.50. The number of para-hydroxylation sites is 4. The summed E-state index contributed by atoms with van der Waals surface area (Å²) in [5.74, 6) is 2.01. The highest BCUT2D eigenvalue weighted by atomic mass is 16.5. The van der Waals surface area contributed by atoms with Crippen LogP contribution in [0.4, 0.5) is 0 Å². The maximum atomic E-state index is 12.5. The second kappa shape index (κ2) is 11.8. The molecule has 0 aliphatic carbocycles. The predicted molar refractivity (Wildman–Crippen MR) is 119 cm³/mol.